The maximum absolute atomic E-state index is 11.9. The first-order chi connectivity index (χ1) is 12.3. The number of aliphatic hydroxyl groups excluding tert-OH is 4. The number of aliphatic hydroxyl groups is 4. The van der Waals surface area contributed by atoms with Gasteiger partial charge in [-0.05, 0) is 23.8 Å². The van der Waals surface area contributed by atoms with E-state index >= 15 is 0 Å². The molecule has 0 radical (unpaired) electrons. The fourth-order valence-corrected chi connectivity index (χ4v) is 2.35. The molecular formula is C16H20O10. The van der Waals surface area contributed by atoms with E-state index in [0.29, 0.717) is 5.56 Å². The SMILES string of the molecule is COc1cc(/C=C/C(=O)O[C@@H]2O[C@H](CO)[C@@H](O)[C@H](O)[C@H]2O)cc(O)c1O. The van der Waals surface area contributed by atoms with Crippen molar-refractivity contribution < 1.29 is 49.6 Å². The maximum Gasteiger partial charge on any atom is 0.333 e. The third-order valence-corrected chi connectivity index (χ3v) is 3.79. The van der Waals surface area contributed by atoms with Crippen LogP contribution in [0.25, 0.3) is 6.08 Å². The van der Waals surface area contributed by atoms with Gasteiger partial charge in [0.1, 0.15) is 24.4 Å². The minimum Gasteiger partial charge on any atom is -0.504 e. The monoisotopic (exact) mass is 372 g/mol. The van der Waals surface area contributed by atoms with Crippen molar-refractivity contribution in [1.29, 1.82) is 0 Å². The van der Waals surface area contributed by atoms with Gasteiger partial charge in [-0.15, -0.1) is 0 Å². The highest BCUT2D eigenvalue weighted by atomic mass is 16.7. The van der Waals surface area contributed by atoms with Crippen LogP contribution in [0.5, 0.6) is 17.2 Å². The second-order valence-electron chi connectivity index (χ2n) is 5.56. The second kappa shape index (κ2) is 8.34. The Morgan fingerprint density at radius 3 is 2.50 bits per heavy atom. The molecule has 1 aliphatic rings. The number of phenolic OH excluding ortho intramolecular Hbond substituents is 2. The quantitative estimate of drug-likeness (QED) is 0.203. The van der Waals surface area contributed by atoms with Crippen LogP contribution in [0.1, 0.15) is 5.56 Å². The third kappa shape index (κ3) is 4.23. The summed E-state index contributed by atoms with van der Waals surface area (Å²) in [6.45, 7) is -0.651. The summed E-state index contributed by atoms with van der Waals surface area (Å²) in [5, 5.41) is 57.3. The van der Waals surface area contributed by atoms with E-state index in [9.17, 15) is 30.3 Å². The summed E-state index contributed by atoms with van der Waals surface area (Å²) in [7, 11) is 1.29. The van der Waals surface area contributed by atoms with Gasteiger partial charge in [0.25, 0.3) is 0 Å². The van der Waals surface area contributed by atoms with Gasteiger partial charge in [-0.2, -0.15) is 0 Å². The lowest BCUT2D eigenvalue weighted by molar-refractivity contribution is -0.291. The molecule has 144 valence electrons. The van der Waals surface area contributed by atoms with E-state index < -0.39 is 54.8 Å². The molecule has 1 saturated heterocycles. The third-order valence-electron chi connectivity index (χ3n) is 3.79. The van der Waals surface area contributed by atoms with Crippen molar-refractivity contribution in [2.24, 2.45) is 0 Å². The molecule has 2 rings (SSSR count). The van der Waals surface area contributed by atoms with Crippen LogP contribution in [-0.4, -0.2) is 81.0 Å². The molecule has 0 spiro atoms. The van der Waals surface area contributed by atoms with Gasteiger partial charge in [0, 0.05) is 6.08 Å². The fourth-order valence-electron chi connectivity index (χ4n) is 2.35. The first-order valence-electron chi connectivity index (χ1n) is 7.57. The molecule has 0 amide bonds. The van der Waals surface area contributed by atoms with Gasteiger partial charge in [0.2, 0.25) is 12.0 Å². The smallest absolute Gasteiger partial charge is 0.333 e. The van der Waals surface area contributed by atoms with Crippen LogP contribution >= 0.6 is 0 Å². The van der Waals surface area contributed by atoms with Crippen LogP contribution in [0.2, 0.25) is 0 Å². The average molecular weight is 372 g/mol. The molecule has 0 bridgehead atoms. The normalized spacial score (nSPS) is 28.9. The van der Waals surface area contributed by atoms with E-state index in [1.54, 1.807) is 0 Å². The molecule has 1 aliphatic heterocycles. The molecule has 1 fully saturated rings. The number of hydrogen-bond donors (Lipinski definition) is 6. The molecule has 0 unspecified atom stereocenters. The van der Waals surface area contributed by atoms with E-state index in [0.717, 1.165) is 6.08 Å². The molecular weight excluding hydrogens is 352 g/mol. The number of ether oxygens (including phenoxy) is 3. The van der Waals surface area contributed by atoms with Crippen LogP contribution < -0.4 is 4.74 Å². The molecule has 1 aromatic carbocycles. The van der Waals surface area contributed by atoms with Gasteiger partial charge in [0.15, 0.2) is 11.5 Å². The largest absolute Gasteiger partial charge is 0.504 e. The highest BCUT2D eigenvalue weighted by Crippen LogP contribution is 2.36. The summed E-state index contributed by atoms with van der Waals surface area (Å²) < 4.78 is 14.8. The van der Waals surface area contributed by atoms with E-state index in [1.807, 2.05) is 0 Å². The zero-order valence-corrected chi connectivity index (χ0v) is 13.7. The number of hydrogen-bond acceptors (Lipinski definition) is 10. The van der Waals surface area contributed by atoms with Crippen molar-refractivity contribution in [3.8, 4) is 17.2 Å². The van der Waals surface area contributed by atoms with Gasteiger partial charge in [-0.25, -0.2) is 4.79 Å². The first kappa shape index (κ1) is 19.9. The topological polar surface area (TPSA) is 166 Å². The van der Waals surface area contributed by atoms with E-state index in [-0.39, 0.29) is 5.75 Å². The number of esters is 1. The Kier molecular flexibility index (Phi) is 6.40. The van der Waals surface area contributed by atoms with Crippen molar-refractivity contribution >= 4 is 12.0 Å². The van der Waals surface area contributed by atoms with Gasteiger partial charge < -0.3 is 44.8 Å². The van der Waals surface area contributed by atoms with Crippen molar-refractivity contribution in [3.63, 3.8) is 0 Å². The summed E-state index contributed by atoms with van der Waals surface area (Å²) in [5.41, 5.74) is 0.308. The number of rotatable bonds is 5. The molecule has 10 nitrogen and oxygen atoms in total. The van der Waals surface area contributed by atoms with Crippen molar-refractivity contribution in [2.45, 2.75) is 30.7 Å². The van der Waals surface area contributed by atoms with Crippen LogP contribution in [0.15, 0.2) is 18.2 Å². The highest BCUT2D eigenvalue weighted by Gasteiger charge is 2.45. The molecule has 5 atom stereocenters. The Balaban J connectivity index is 2.06. The standard InChI is InChI=1S/C16H20O10/c1-24-9-5-7(4-8(18)12(9)20)2-3-11(19)26-16-15(23)14(22)13(21)10(6-17)25-16/h2-5,10,13-18,20-23H,6H2,1H3/b3-2+/t10-,13-,14+,15-,16+/m1/s1. The molecule has 26 heavy (non-hydrogen) atoms. The predicted octanol–water partition coefficient (Wildman–Crippen LogP) is -1.54. The second-order valence-corrected chi connectivity index (χ2v) is 5.56. The average Bonchev–Trinajstić information content (AvgIpc) is 2.62. The van der Waals surface area contributed by atoms with Gasteiger partial charge in [-0.1, -0.05) is 0 Å². The van der Waals surface area contributed by atoms with Crippen LogP contribution in [-0.2, 0) is 14.3 Å². The Hall–Kier alpha value is -2.37. The minimum absolute atomic E-state index is 0.00745. The Labute approximate surface area is 148 Å². The predicted molar refractivity (Wildman–Crippen MR) is 85.2 cm³/mol. The molecule has 0 saturated carbocycles. The van der Waals surface area contributed by atoms with Gasteiger partial charge >= 0.3 is 5.97 Å². The number of methoxy groups -OCH3 is 1. The molecule has 1 heterocycles. The van der Waals surface area contributed by atoms with Crippen molar-refractivity contribution in [1.82, 2.24) is 0 Å². The summed E-state index contributed by atoms with van der Waals surface area (Å²) in [5.74, 6) is -1.87. The number of phenols is 2. The lowest BCUT2D eigenvalue weighted by atomic mass is 9.99. The number of carbonyl (C=O) groups is 1. The molecule has 10 heteroatoms. The number of carbonyl (C=O) groups excluding carboxylic acids is 1. The van der Waals surface area contributed by atoms with Gasteiger partial charge in [-0.3, -0.25) is 0 Å². The fraction of sp³-hybridized carbons (Fsp3) is 0.438. The zero-order valence-electron chi connectivity index (χ0n) is 13.7. The number of benzene rings is 1. The van der Waals surface area contributed by atoms with E-state index in [2.05, 4.69) is 0 Å². The summed E-state index contributed by atoms with van der Waals surface area (Å²) in [4.78, 5) is 11.9. The Morgan fingerprint density at radius 2 is 1.88 bits per heavy atom. The lowest BCUT2D eigenvalue weighted by Gasteiger charge is -2.38. The van der Waals surface area contributed by atoms with E-state index in [1.165, 1.54) is 25.3 Å². The molecule has 1 aromatic rings. The Bertz CT molecular complexity index is 671. The molecule has 0 aliphatic carbocycles. The zero-order chi connectivity index (χ0) is 19.4. The van der Waals surface area contributed by atoms with Gasteiger partial charge in [0.05, 0.1) is 13.7 Å². The minimum atomic E-state index is -1.71. The Morgan fingerprint density at radius 1 is 1.19 bits per heavy atom. The van der Waals surface area contributed by atoms with E-state index in [4.69, 9.17) is 19.3 Å². The summed E-state index contributed by atoms with van der Waals surface area (Å²) in [6, 6.07) is 2.53. The molecule has 0 aromatic heterocycles. The maximum atomic E-state index is 11.9. The highest BCUT2D eigenvalue weighted by molar-refractivity contribution is 5.87. The summed E-state index contributed by atoms with van der Waals surface area (Å²) >= 11 is 0. The summed E-state index contributed by atoms with van der Waals surface area (Å²) in [6.07, 6.45) is -5.53. The van der Waals surface area contributed by atoms with Crippen LogP contribution in [0, 0.1) is 0 Å². The van der Waals surface area contributed by atoms with Crippen molar-refractivity contribution in [2.75, 3.05) is 13.7 Å². The number of aromatic hydroxyl groups is 2. The lowest BCUT2D eigenvalue weighted by Crippen LogP contribution is -2.59. The van der Waals surface area contributed by atoms with Crippen LogP contribution in [0.3, 0.4) is 0 Å². The first-order valence-corrected chi connectivity index (χ1v) is 7.57. The van der Waals surface area contributed by atoms with Crippen LogP contribution in [0.4, 0.5) is 0 Å². The molecule has 6 N–H and O–H groups in total. The van der Waals surface area contributed by atoms with Crippen molar-refractivity contribution in [3.05, 3.63) is 23.8 Å².